The van der Waals surface area contributed by atoms with Crippen LogP contribution in [-0.4, -0.2) is 23.9 Å². The molecule has 0 saturated carbocycles. The first-order valence-electron chi connectivity index (χ1n) is 7.94. The van der Waals surface area contributed by atoms with Crippen molar-refractivity contribution in [1.82, 2.24) is 4.90 Å². The lowest BCUT2D eigenvalue weighted by Crippen LogP contribution is -2.34. The Hall–Kier alpha value is -2.23. The van der Waals surface area contributed by atoms with E-state index in [4.69, 9.17) is 0 Å². The van der Waals surface area contributed by atoms with Gasteiger partial charge in [-0.3, -0.25) is 4.79 Å². The summed E-state index contributed by atoms with van der Waals surface area (Å²) in [6, 6.07) is 13.5. The molecule has 1 unspecified atom stereocenters. The average Bonchev–Trinajstić information content (AvgIpc) is 2.84. The maximum atomic E-state index is 13.4. The molecule has 2 nitrogen and oxygen atoms in total. The topological polar surface area (TPSA) is 20.3 Å². The number of carbonyl (C=O) groups is 1. The van der Waals surface area contributed by atoms with Crippen molar-refractivity contribution in [2.45, 2.75) is 25.2 Å². The fourth-order valence-corrected chi connectivity index (χ4v) is 3.14. The van der Waals surface area contributed by atoms with E-state index in [1.165, 1.54) is 11.6 Å². The lowest BCUT2D eigenvalue weighted by molar-refractivity contribution is 0.0754. The Morgan fingerprint density at radius 2 is 1.78 bits per heavy atom. The van der Waals surface area contributed by atoms with Crippen LogP contribution in [0.15, 0.2) is 48.5 Å². The highest BCUT2D eigenvalue weighted by Gasteiger charge is 2.24. The molecule has 1 heterocycles. The van der Waals surface area contributed by atoms with Gasteiger partial charge in [-0.25, -0.2) is 8.78 Å². The highest BCUT2D eigenvalue weighted by atomic mass is 19.2. The molecule has 1 atom stereocenters. The molecule has 120 valence electrons. The highest BCUT2D eigenvalue weighted by Crippen LogP contribution is 2.27. The number of benzene rings is 2. The Bertz CT molecular complexity index is 687. The van der Waals surface area contributed by atoms with Crippen molar-refractivity contribution in [2.24, 2.45) is 0 Å². The van der Waals surface area contributed by atoms with E-state index >= 15 is 0 Å². The van der Waals surface area contributed by atoms with Crippen molar-refractivity contribution < 1.29 is 13.6 Å². The predicted octanol–water partition coefficient (Wildman–Crippen LogP) is 4.37. The summed E-state index contributed by atoms with van der Waals surface area (Å²) in [4.78, 5) is 14.4. The summed E-state index contributed by atoms with van der Waals surface area (Å²) in [6.07, 6.45) is 3.02. The molecule has 1 saturated heterocycles. The molecule has 2 aromatic carbocycles. The lowest BCUT2D eigenvalue weighted by Gasteiger charge is -2.25. The fourth-order valence-electron chi connectivity index (χ4n) is 3.14. The largest absolute Gasteiger partial charge is 0.338 e. The summed E-state index contributed by atoms with van der Waals surface area (Å²) in [6.45, 7) is 1.27. The number of amides is 1. The number of rotatable bonds is 2. The predicted molar refractivity (Wildman–Crippen MR) is 85.3 cm³/mol. The Kier molecular flexibility index (Phi) is 4.70. The van der Waals surface area contributed by atoms with Gasteiger partial charge in [0.2, 0.25) is 0 Å². The van der Waals surface area contributed by atoms with E-state index in [9.17, 15) is 13.6 Å². The van der Waals surface area contributed by atoms with Crippen LogP contribution in [-0.2, 0) is 0 Å². The van der Waals surface area contributed by atoms with Crippen molar-refractivity contribution in [1.29, 1.82) is 0 Å². The number of nitrogens with zero attached hydrogens (tertiary/aromatic N) is 1. The smallest absolute Gasteiger partial charge is 0.253 e. The molecule has 3 rings (SSSR count). The van der Waals surface area contributed by atoms with Crippen molar-refractivity contribution in [2.75, 3.05) is 13.1 Å². The van der Waals surface area contributed by atoms with E-state index in [0.717, 1.165) is 31.4 Å². The van der Waals surface area contributed by atoms with Gasteiger partial charge in [0.1, 0.15) is 0 Å². The Labute approximate surface area is 134 Å². The molecule has 1 aliphatic rings. The van der Waals surface area contributed by atoms with Gasteiger partial charge in [0.05, 0.1) is 0 Å². The number of likely N-dealkylation sites (tertiary alicyclic amines) is 1. The zero-order chi connectivity index (χ0) is 16.2. The second-order valence-corrected chi connectivity index (χ2v) is 5.98. The number of hydrogen-bond acceptors (Lipinski definition) is 1. The van der Waals surface area contributed by atoms with E-state index in [0.29, 0.717) is 13.1 Å². The minimum absolute atomic E-state index is 0.206. The monoisotopic (exact) mass is 315 g/mol. The molecule has 23 heavy (non-hydrogen) atoms. The van der Waals surface area contributed by atoms with Gasteiger partial charge in [0.25, 0.3) is 5.91 Å². The van der Waals surface area contributed by atoms with E-state index in [1.807, 2.05) is 18.2 Å². The molecule has 1 fully saturated rings. The molecule has 0 N–H and O–H groups in total. The zero-order valence-corrected chi connectivity index (χ0v) is 12.8. The van der Waals surface area contributed by atoms with Crippen LogP contribution in [0.4, 0.5) is 8.78 Å². The number of hydrogen-bond donors (Lipinski definition) is 0. The minimum atomic E-state index is -0.981. The summed E-state index contributed by atoms with van der Waals surface area (Å²) >= 11 is 0. The SMILES string of the molecule is O=C(c1ccc(F)c(F)c1)N1CCCCC(c2ccccc2)C1. The molecule has 0 bridgehead atoms. The van der Waals surface area contributed by atoms with E-state index in [1.54, 1.807) is 4.90 Å². The third-order valence-electron chi connectivity index (χ3n) is 4.40. The van der Waals surface area contributed by atoms with Gasteiger partial charge in [-0.2, -0.15) is 0 Å². The van der Waals surface area contributed by atoms with E-state index < -0.39 is 11.6 Å². The molecular weight excluding hydrogens is 296 g/mol. The molecule has 4 heteroatoms. The van der Waals surface area contributed by atoms with Gasteiger partial charge in [-0.15, -0.1) is 0 Å². The maximum Gasteiger partial charge on any atom is 0.253 e. The lowest BCUT2D eigenvalue weighted by atomic mass is 9.94. The minimum Gasteiger partial charge on any atom is -0.338 e. The second kappa shape index (κ2) is 6.90. The van der Waals surface area contributed by atoms with Crippen LogP contribution >= 0.6 is 0 Å². The highest BCUT2D eigenvalue weighted by molar-refractivity contribution is 5.94. The number of carbonyl (C=O) groups excluding carboxylic acids is 1. The third-order valence-corrected chi connectivity index (χ3v) is 4.40. The molecule has 1 amide bonds. The zero-order valence-electron chi connectivity index (χ0n) is 12.8. The van der Waals surface area contributed by atoms with Gasteiger partial charge in [-0.1, -0.05) is 36.8 Å². The Balaban J connectivity index is 1.80. The summed E-state index contributed by atoms with van der Waals surface area (Å²) in [5.74, 6) is -1.86. The van der Waals surface area contributed by atoms with Crippen LogP contribution < -0.4 is 0 Å². The molecule has 2 aromatic rings. The van der Waals surface area contributed by atoms with Crippen molar-refractivity contribution in [3.63, 3.8) is 0 Å². The first kappa shape index (κ1) is 15.7. The van der Waals surface area contributed by atoms with Crippen LogP contribution in [0.1, 0.15) is 41.1 Å². The fraction of sp³-hybridized carbons (Fsp3) is 0.316. The van der Waals surface area contributed by atoms with Gasteiger partial charge >= 0.3 is 0 Å². The number of halogens is 2. The van der Waals surface area contributed by atoms with Crippen molar-refractivity contribution >= 4 is 5.91 Å². The summed E-state index contributed by atoms with van der Waals surface area (Å²) in [7, 11) is 0. The van der Waals surface area contributed by atoms with Crippen LogP contribution in [0.2, 0.25) is 0 Å². The Morgan fingerprint density at radius 3 is 2.52 bits per heavy atom. The van der Waals surface area contributed by atoms with Crippen LogP contribution in [0, 0.1) is 11.6 Å². The molecular formula is C19H19F2NO. The molecule has 0 aromatic heterocycles. The van der Waals surface area contributed by atoms with Crippen molar-refractivity contribution in [3.8, 4) is 0 Å². The van der Waals surface area contributed by atoms with Crippen LogP contribution in [0.5, 0.6) is 0 Å². The van der Waals surface area contributed by atoms with Crippen molar-refractivity contribution in [3.05, 3.63) is 71.3 Å². The third kappa shape index (κ3) is 3.58. The van der Waals surface area contributed by atoms with Crippen LogP contribution in [0.3, 0.4) is 0 Å². The summed E-state index contributed by atoms with van der Waals surface area (Å²) in [5.41, 5.74) is 1.43. The molecule has 0 radical (unpaired) electrons. The summed E-state index contributed by atoms with van der Waals surface area (Å²) < 4.78 is 26.4. The quantitative estimate of drug-likeness (QED) is 0.805. The van der Waals surface area contributed by atoms with Gasteiger partial charge < -0.3 is 4.90 Å². The van der Waals surface area contributed by atoms with Crippen LogP contribution in [0.25, 0.3) is 0 Å². The second-order valence-electron chi connectivity index (χ2n) is 5.98. The van der Waals surface area contributed by atoms with Gasteiger partial charge in [0.15, 0.2) is 11.6 Å². The van der Waals surface area contributed by atoms with E-state index in [-0.39, 0.29) is 17.4 Å². The first-order chi connectivity index (χ1) is 11.1. The maximum absolute atomic E-state index is 13.4. The standard InChI is InChI=1S/C19H19F2NO/c20-17-10-9-15(12-18(17)21)19(23)22-11-5-4-8-16(13-22)14-6-2-1-3-7-14/h1-3,6-7,9-10,12,16H,4-5,8,11,13H2. The first-order valence-corrected chi connectivity index (χ1v) is 7.94. The molecule has 1 aliphatic heterocycles. The van der Waals surface area contributed by atoms with Gasteiger partial charge in [-0.05, 0) is 36.6 Å². The molecule has 0 aliphatic carbocycles. The average molecular weight is 315 g/mol. The normalized spacial score (nSPS) is 18.5. The van der Waals surface area contributed by atoms with Gasteiger partial charge in [0, 0.05) is 24.6 Å². The Morgan fingerprint density at radius 1 is 1.00 bits per heavy atom. The summed E-state index contributed by atoms with van der Waals surface area (Å²) in [5, 5.41) is 0. The molecule has 0 spiro atoms. The van der Waals surface area contributed by atoms with E-state index in [2.05, 4.69) is 12.1 Å².